The Morgan fingerprint density at radius 3 is 2.65 bits per heavy atom. The Hall–Kier alpha value is -3.36. The summed E-state index contributed by atoms with van der Waals surface area (Å²) in [6.07, 6.45) is 9.03. The van der Waals surface area contributed by atoms with Gasteiger partial charge in [0.15, 0.2) is 20.8 Å². The molecule has 2 saturated carbocycles. The predicted molar refractivity (Wildman–Crippen MR) is 200 cm³/mol. The van der Waals surface area contributed by atoms with Crippen LogP contribution in [0.3, 0.4) is 0 Å². The number of amides is 2. The number of thiazole rings is 2. The number of rotatable bonds is 8. The highest BCUT2D eigenvalue weighted by Gasteiger charge is 2.62. The van der Waals surface area contributed by atoms with Gasteiger partial charge in [0.25, 0.3) is 5.19 Å². The van der Waals surface area contributed by atoms with Crippen molar-refractivity contribution in [2.24, 2.45) is 5.92 Å². The van der Waals surface area contributed by atoms with Crippen LogP contribution in [0.2, 0.25) is 0 Å². The molecule has 7 rings (SSSR count). The lowest BCUT2D eigenvalue weighted by Crippen LogP contribution is -2.56. The molecule has 51 heavy (non-hydrogen) atoms. The number of ketones is 1. The Bertz CT molecular complexity index is 1930. The van der Waals surface area contributed by atoms with Gasteiger partial charge in [-0.25, -0.2) is 18.4 Å². The number of allylic oxidation sites excluding steroid dienone is 1. The fourth-order valence-electron chi connectivity index (χ4n) is 7.08. The summed E-state index contributed by atoms with van der Waals surface area (Å²) in [5, 5.41) is 9.54. The van der Waals surface area contributed by atoms with Crippen LogP contribution in [-0.2, 0) is 29.6 Å². The summed E-state index contributed by atoms with van der Waals surface area (Å²) in [4.78, 5) is 53.9. The van der Waals surface area contributed by atoms with E-state index in [9.17, 15) is 22.8 Å². The number of fused-ring (bicyclic) bond motifs is 3. The number of sulfone groups is 1. The molecule has 2 amide bonds. The van der Waals surface area contributed by atoms with Gasteiger partial charge in [0.05, 0.1) is 27.2 Å². The van der Waals surface area contributed by atoms with Crippen molar-refractivity contribution in [2.45, 2.75) is 119 Å². The Balaban J connectivity index is 1.18. The lowest BCUT2D eigenvalue weighted by atomic mass is 9.93. The number of hydrogen-bond acceptors (Lipinski definition) is 11. The van der Waals surface area contributed by atoms with Crippen LogP contribution in [0.25, 0.3) is 10.2 Å². The summed E-state index contributed by atoms with van der Waals surface area (Å²) in [6.45, 7) is 8.13. The van der Waals surface area contributed by atoms with E-state index >= 15 is 0 Å². The highest BCUT2D eigenvalue weighted by atomic mass is 32.2. The van der Waals surface area contributed by atoms with Crippen LogP contribution in [0, 0.1) is 5.92 Å². The van der Waals surface area contributed by atoms with Crippen LogP contribution < -0.4 is 15.4 Å². The third-order valence-electron chi connectivity index (χ3n) is 10.9. The van der Waals surface area contributed by atoms with Crippen molar-refractivity contribution in [3.8, 4) is 5.19 Å². The van der Waals surface area contributed by atoms with Gasteiger partial charge in [0.2, 0.25) is 11.8 Å². The van der Waals surface area contributed by atoms with E-state index in [4.69, 9.17) is 9.72 Å². The van der Waals surface area contributed by atoms with Crippen LogP contribution >= 0.6 is 22.7 Å². The third kappa shape index (κ3) is 7.46. The van der Waals surface area contributed by atoms with Crippen molar-refractivity contribution >= 4 is 65.5 Å². The molecule has 2 aromatic heterocycles. The van der Waals surface area contributed by atoms with Crippen molar-refractivity contribution < 1.29 is 27.5 Å². The van der Waals surface area contributed by atoms with Crippen LogP contribution in [0.4, 0.5) is 5.13 Å². The molecular formula is C37H47N5O6S3. The Morgan fingerprint density at radius 2 is 1.92 bits per heavy atom. The molecule has 274 valence electrons. The van der Waals surface area contributed by atoms with Gasteiger partial charge in [-0.2, -0.15) is 0 Å². The number of hydrogen-bond donors (Lipinski definition) is 2. The summed E-state index contributed by atoms with van der Waals surface area (Å²) >= 11 is 2.87. The molecule has 2 aliphatic carbocycles. The van der Waals surface area contributed by atoms with Gasteiger partial charge < -0.3 is 20.3 Å². The number of benzene rings is 1. The van der Waals surface area contributed by atoms with E-state index in [1.54, 1.807) is 11.8 Å². The van der Waals surface area contributed by atoms with E-state index in [1.807, 2.05) is 41.8 Å². The second-order valence-corrected chi connectivity index (χ2v) is 20.2. The van der Waals surface area contributed by atoms with Gasteiger partial charge in [-0.3, -0.25) is 14.4 Å². The van der Waals surface area contributed by atoms with Crippen molar-refractivity contribution in [2.75, 3.05) is 17.6 Å². The molecule has 5 atom stereocenters. The molecule has 4 heterocycles. The molecule has 4 aliphatic rings. The largest absolute Gasteiger partial charge is 0.465 e. The zero-order valence-electron chi connectivity index (χ0n) is 29.6. The van der Waals surface area contributed by atoms with E-state index in [0.29, 0.717) is 36.0 Å². The lowest BCUT2D eigenvalue weighted by Gasteiger charge is -2.30. The van der Waals surface area contributed by atoms with Crippen molar-refractivity contribution in [3.05, 3.63) is 47.5 Å². The highest BCUT2D eigenvalue weighted by Crippen LogP contribution is 2.49. The van der Waals surface area contributed by atoms with Gasteiger partial charge in [-0.15, -0.1) is 11.3 Å². The first kappa shape index (κ1) is 36.0. The molecule has 0 unspecified atom stereocenters. The number of para-hydroxylation sites is 1. The summed E-state index contributed by atoms with van der Waals surface area (Å²) in [5.41, 5.74) is 0.267. The minimum Gasteiger partial charge on any atom is -0.465 e. The third-order valence-corrected chi connectivity index (χ3v) is 15.1. The summed E-state index contributed by atoms with van der Waals surface area (Å²) < 4.78 is 32.9. The first-order chi connectivity index (χ1) is 24.2. The molecule has 11 nitrogen and oxygen atoms in total. The molecule has 2 N–H and O–H groups in total. The molecule has 0 radical (unpaired) electrons. The van der Waals surface area contributed by atoms with Crippen LogP contribution in [-0.4, -0.2) is 81.7 Å². The first-order valence-electron chi connectivity index (χ1n) is 18.0. The van der Waals surface area contributed by atoms with E-state index in [2.05, 4.69) is 36.4 Å². The fraction of sp³-hybridized carbons (Fsp3) is 0.595. The van der Waals surface area contributed by atoms with E-state index in [0.717, 1.165) is 41.6 Å². The number of nitrogens with one attached hydrogen (secondary N) is 2. The second kappa shape index (κ2) is 13.6. The standard InChI is InChI=1S/C37H47N5O6S3/c1-35(2,3)29-21-49-33(40-29)38-26-14-9-7-5-6-8-12-23-19-37(23,30(43)22-51(46,47)36(4)16-17-36)41-31(44)27-18-24(20-42(27)32(26)45)48-34-39-25-13-10-11-15-28(25)50-34/h8,10-13,15,21,23-24,26-27H,5-7,9,14,16-20,22H2,1-4H3,(H,38,40)(H,41,44)/b12-8-/t23-,24+,26-,27-,37+/m0/s1. The van der Waals surface area contributed by atoms with Crippen LogP contribution in [0.5, 0.6) is 5.19 Å². The van der Waals surface area contributed by atoms with Crippen LogP contribution in [0.1, 0.15) is 91.2 Å². The highest BCUT2D eigenvalue weighted by molar-refractivity contribution is 7.93. The number of Topliss-reactive ketones (excluding diaryl/α,β-unsaturated/α-hetero) is 1. The lowest BCUT2D eigenvalue weighted by molar-refractivity contribution is -0.140. The predicted octanol–water partition coefficient (Wildman–Crippen LogP) is 5.81. The number of ether oxygens (including phenoxy) is 1. The van der Waals surface area contributed by atoms with Crippen molar-refractivity contribution in [1.82, 2.24) is 20.2 Å². The number of anilines is 1. The molecule has 0 bridgehead atoms. The van der Waals surface area contributed by atoms with E-state index in [-0.39, 0.29) is 30.2 Å². The topological polar surface area (TPSA) is 148 Å². The molecule has 0 spiro atoms. The Morgan fingerprint density at radius 1 is 1.14 bits per heavy atom. The number of nitrogens with zero attached hydrogens (tertiary/aromatic N) is 3. The zero-order valence-corrected chi connectivity index (χ0v) is 32.1. The summed E-state index contributed by atoms with van der Waals surface area (Å²) in [7, 11) is -3.68. The molecule has 3 fully saturated rings. The van der Waals surface area contributed by atoms with Gasteiger partial charge in [-0.05, 0) is 57.6 Å². The van der Waals surface area contributed by atoms with E-state index in [1.165, 1.54) is 22.7 Å². The summed E-state index contributed by atoms with van der Waals surface area (Å²) in [6, 6.07) is 6.17. The second-order valence-electron chi connectivity index (χ2n) is 15.9. The number of aromatic nitrogens is 2. The summed E-state index contributed by atoms with van der Waals surface area (Å²) in [5.74, 6) is -2.11. The van der Waals surface area contributed by atoms with Gasteiger partial charge in [-0.1, -0.05) is 69.2 Å². The normalized spacial score (nSPS) is 28.9. The van der Waals surface area contributed by atoms with Crippen molar-refractivity contribution in [1.29, 1.82) is 0 Å². The van der Waals surface area contributed by atoms with Gasteiger partial charge in [0, 0.05) is 23.1 Å². The maximum Gasteiger partial charge on any atom is 0.274 e. The molecule has 2 aliphatic heterocycles. The van der Waals surface area contributed by atoms with Gasteiger partial charge >= 0.3 is 0 Å². The number of carbonyl (C=O) groups excluding carboxylic acids is 3. The van der Waals surface area contributed by atoms with Crippen molar-refractivity contribution in [3.63, 3.8) is 0 Å². The Labute approximate surface area is 307 Å². The average molecular weight is 754 g/mol. The molecule has 3 aromatic rings. The average Bonchev–Trinajstić information content (AvgIpc) is 3.73. The minimum absolute atomic E-state index is 0.150. The van der Waals surface area contributed by atoms with E-state index < -0.39 is 55.8 Å². The van der Waals surface area contributed by atoms with Crippen LogP contribution in [0.15, 0.2) is 41.8 Å². The monoisotopic (exact) mass is 753 g/mol. The minimum atomic E-state index is -3.68. The maximum atomic E-state index is 14.6. The molecular weight excluding hydrogens is 707 g/mol. The fourth-order valence-corrected chi connectivity index (χ4v) is 10.6. The maximum absolute atomic E-state index is 14.6. The number of carbonyl (C=O) groups is 3. The smallest absolute Gasteiger partial charge is 0.274 e. The zero-order chi connectivity index (χ0) is 36.2. The quantitative estimate of drug-likeness (QED) is 0.272. The molecule has 1 aromatic carbocycles. The first-order valence-corrected chi connectivity index (χ1v) is 21.3. The Kier molecular flexibility index (Phi) is 9.58. The molecule has 14 heteroatoms. The molecule has 1 saturated heterocycles. The SMILES string of the molecule is CC(C)(C)c1csc(N[C@H]2CCCCC/C=C\[C@H]3C[C@@]3(C(=O)CS(=O)(=O)C3(C)CC3)NC(=O)[C@@H]3C[C@@H](Oc4nc5ccccc5s4)CN3C2=O)n1. The van der Waals surface area contributed by atoms with Gasteiger partial charge in [0.1, 0.15) is 29.5 Å².